The summed E-state index contributed by atoms with van der Waals surface area (Å²) in [4.78, 5) is 17.0. The number of anilines is 1. The van der Waals surface area contributed by atoms with Crippen molar-refractivity contribution in [3.63, 3.8) is 0 Å². The van der Waals surface area contributed by atoms with Crippen LogP contribution in [0.2, 0.25) is 0 Å². The van der Waals surface area contributed by atoms with Gasteiger partial charge in [0.2, 0.25) is 5.95 Å². The number of aryl methyl sites for hydroxylation is 1. The first-order chi connectivity index (χ1) is 14.6. The number of rotatable bonds is 6. The first kappa shape index (κ1) is 19.7. The van der Waals surface area contributed by atoms with Crippen LogP contribution in [-0.4, -0.2) is 27.3 Å². The summed E-state index contributed by atoms with van der Waals surface area (Å²) in [5.74, 6) is 0.922. The van der Waals surface area contributed by atoms with Crippen molar-refractivity contribution in [1.29, 1.82) is 0 Å². The normalized spacial score (nSPS) is 15.4. The number of hydrogen-bond acceptors (Lipinski definition) is 6. The maximum absolute atomic E-state index is 12.7. The van der Waals surface area contributed by atoms with Gasteiger partial charge in [0, 0.05) is 5.70 Å². The number of nitrogens with zero attached hydrogens (tertiary/aromatic N) is 3. The van der Waals surface area contributed by atoms with Gasteiger partial charge < -0.3 is 14.8 Å². The van der Waals surface area contributed by atoms with Crippen LogP contribution in [0.1, 0.15) is 36.6 Å². The summed E-state index contributed by atoms with van der Waals surface area (Å²) in [5, 5.41) is 7.47. The number of esters is 1. The van der Waals surface area contributed by atoms with Crippen LogP contribution in [0.15, 0.2) is 66.1 Å². The van der Waals surface area contributed by atoms with Crippen molar-refractivity contribution in [2.45, 2.75) is 33.4 Å². The molecule has 0 saturated carbocycles. The van der Waals surface area contributed by atoms with Gasteiger partial charge in [0.25, 0.3) is 0 Å². The highest BCUT2D eigenvalue weighted by molar-refractivity contribution is 5.92. The molecule has 3 aromatic rings. The zero-order valence-electron chi connectivity index (χ0n) is 17.3. The smallest absolute Gasteiger partial charge is 0.338 e. The number of hydrogen-bond donors (Lipinski definition) is 1. The summed E-state index contributed by atoms with van der Waals surface area (Å²) in [7, 11) is 0. The van der Waals surface area contributed by atoms with Gasteiger partial charge in [-0.1, -0.05) is 42.0 Å². The summed E-state index contributed by atoms with van der Waals surface area (Å²) in [5.41, 5.74) is 4.38. The summed E-state index contributed by atoms with van der Waals surface area (Å²) in [6, 6.07) is 15.5. The summed E-state index contributed by atoms with van der Waals surface area (Å²) < 4.78 is 13.0. The molecule has 7 heteroatoms. The van der Waals surface area contributed by atoms with E-state index in [-0.39, 0.29) is 5.97 Å². The predicted molar refractivity (Wildman–Crippen MR) is 113 cm³/mol. The molecule has 1 aliphatic heterocycles. The Hall–Kier alpha value is -3.61. The van der Waals surface area contributed by atoms with E-state index in [1.54, 1.807) is 11.6 Å². The van der Waals surface area contributed by atoms with Crippen molar-refractivity contribution >= 4 is 11.9 Å². The Bertz CT molecular complexity index is 1090. The van der Waals surface area contributed by atoms with Crippen molar-refractivity contribution in [2.75, 3.05) is 11.9 Å². The molecular formula is C23H24N4O3. The van der Waals surface area contributed by atoms with Gasteiger partial charge in [-0.2, -0.15) is 10.1 Å². The lowest BCUT2D eigenvalue weighted by Crippen LogP contribution is -2.29. The lowest BCUT2D eigenvalue weighted by molar-refractivity contribution is -0.139. The molecular weight excluding hydrogens is 380 g/mol. The standard InChI is InChI=1S/C23H24N4O3/c1-4-29-22(28)20-16(3)26-23-24-14-25-27(23)21(20)18-6-5-7-19(12-18)30-13-17-10-8-15(2)9-11-17/h5-12,14,21H,4,13H2,1-3H3,(H,24,25,26). The van der Waals surface area contributed by atoms with E-state index < -0.39 is 6.04 Å². The van der Waals surface area contributed by atoms with Gasteiger partial charge in [-0.05, 0) is 44.0 Å². The SMILES string of the molecule is CCOC(=O)C1=C(C)Nc2ncnn2C1c1cccc(OCc2ccc(C)cc2)c1. The van der Waals surface area contributed by atoms with Crippen molar-refractivity contribution < 1.29 is 14.3 Å². The zero-order chi connectivity index (χ0) is 21.1. The molecule has 1 atom stereocenters. The lowest BCUT2D eigenvalue weighted by atomic mass is 9.95. The third-order valence-electron chi connectivity index (χ3n) is 4.99. The molecule has 30 heavy (non-hydrogen) atoms. The van der Waals surface area contributed by atoms with Crippen molar-refractivity contribution in [3.8, 4) is 5.75 Å². The molecule has 0 bridgehead atoms. The average molecular weight is 404 g/mol. The number of nitrogens with one attached hydrogen (secondary N) is 1. The molecule has 0 fully saturated rings. The van der Waals surface area contributed by atoms with Gasteiger partial charge in [0.05, 0.1) is 12.2 Å². The van der Waals surface area contributed by atoms with Gasteiger partial charge in [-0.15, -0.1) is 0 Å². The van der Waals surface area contributed by atoms with E-state index >= 15 is 0 Å². The summed E-state index contributed by atoms with van der Waals surface area (Å²) in [6.45, 7) is 6.45. The Morgan fingerprint density at radius 2 is 1.97 bits per heavy atom. The van der Waals surface area contributed by atoms with Crippen molar-refractivity contribution in [1.82, 2.24) is 14.8 Å². The molecule has 1 unspecified atom stereocenters. The van der Waals surface area contributed by atoms with Crippen LogP contribution < -0.4 is 10.1 Å². The number of aromatic nitrogens is 3. The molecule has 2 aromatic carbocycles. The number of ether oxygens (including phenoxy) is 2. The fraction of sp³-hybridized carbons (Fsp3) is 0.261. The van der Waals surface area contributed by atoms with E-state index in [4.69, 9.17) is 9.47 Å². The lowest BCUT2D eigenvalue weighted by Gasteiger charge is -2.28. The monoisotopic (exact) mass is 404 g/mol. The fourth-order valence-corrected chi connectivity index (χ4v) is 3.50. The molecule has 0 radical (unpaired) electrons. The Labute approximate surface area is 175 Å². The van der Waals surface area contributed by atoms with Crippen molar-refractivity contribution in [3.05, 3.63) is 82.8 Å². The molecule has 1 aromatic heterocycles. The predicted octanol–water partition coefficient (Wildman–Crippen LogP) is 4.02. The molecule has 0 spiro atoms. The second kappa shape index (κ2) is 8.41. The van der Waals surface area contributed by atoms with Crippen LogP contribution in [0.3, 0.4) is 0 Å². The minimum atomic E-state index is -0.453. The van der Waals surface area contributed by atoms with Crippen molar-refractivity contribution in [2.24, 2.45) is 0 Å². The second-order valence-corrected chi connectivity index (χ2v) is 7.16. The first-order valence-corrected chi connectivity index (χ1v) is 9.89. The molecule has 2 heterocycles. The van der Waals surface area contributed by atoms with Crippen LogP contribution in [0.5, 0.6) is 5.75 Å². The highest BCUT2D eigenvalue weighted by Gasteiger charge is 2.34. The molecule has 7 nitrogen and oxygen atoms in total. The molecule has 1 aliphatic rings. The Balaban J connectivity index is 1.65. The molecule has 1 N–H and O–H groups in total. The van der Waals surface area contributed by atoms with Gasteiger partial charge in [0.15, 0.2) is 0 Å². The first-order valence-electron chi connectivity index (χ1n) is 9.89. The van der Waals surface area contributed by atoms with Gasteiger partial charge in [-0.3, -0.25) is 0 Å². The minimum Gasteiger partial charge on any atom is -0.489 e. The van der Waals surface area contributed by atoms with Gasteiger partial charge >= 0.3 is 5.97 Å². The fourth-order valence-electron chi connectivity index (χ4n) is 3.50. The number of carbonyl (C=O) groups excluding carboxylic acids is 1. The highest BCUT2D eigenvalue weighted by atomic mass is 16.5. The molecule has 0 aliphatic carbocycles. The third kappa shape index (κ3) is 3.91. The number of fused-ring (bicyclic) bond motifs is 1. The van der Waals surface area contributed by atoms with Gasteiger partial charge in [-0.25, -0.2) is 9.48 Å². The number of carbonyl (C=O) groups is 1. The molecule has 0 saturated heterocycles. The van der Waals surface area contributed by atoms with E-state index in [1.807, 2.05) is 31.2 Å². The van der Waals surface area contributed by atoms with Crippen LogP contribution in [0.25, 0.3) is 0 Å². The van der Waals surface area contributed by atoms with Crippen LogP contribution in [0.4, 0.5) is 5.95 Å². The molecule has 0 amide bonds. The second-order valence-electron chi connectivity index (χ2n) is 7.16. The van der Waals surface area contributed by atoms with Crippen LogP contribution in [-0.2, 0) is 16.1 Å². The Morgan fingerprint density at radius 3 is 2.73 bits per heavy atom. The highest BCUT2D eigenvalue weighted by Crippen LogP contribution is 2.36. The largest absolute Gasteiger partial charge is 0.489 e. The minimum absolute atomic E-state index is 0.298. The Kier molecular flexibility index (Phi) is 5.52. The van der Waals surface area contributed by atoms with Gasteiger partial charge in [0.1, 0.15) is 24.7 Å². The van der Waals surface area contributed by atoms with E-state index in [0.717, 1.165) is 11.1 Å². The number of benzene rings is 2. The summed E-state index contributed by atoms with van der Waals surface area (Å²) >= 11 is 0. The molecule has 4 rings (SSSR count). The van der Waals surface area contributed by atoms with E-state index in [2.05, 4.69) is 46.6 Å². The van der Waals surface area contributed by atoms with E-state index in [9.17, 15) is 4.79 Å². The van der Waals surface area contributed by atoms with Crippen LogP contribution >= 0.6 is 0 Å². The quantitative estimate of drug-likeness (QED) is 0.625. The third-order valence-corrected chi connectivity index (χ3v) is 4.99. The molecule has 154 valence electrons. The number of allylic oxidation sites excluding steroid dienone is 1. The zero-order valence-corrected chi connectivity index (χ0v) is 17.3. The maximum atomic E-state index is 12.7. The average Bonchev–Trinajstić information content (AvgIpc) is 3.20. The maximum Gasteiger partial charge on any atom is 0.338 e. The van der Waals surface area contributed by atoms with E-state index in [1.165, 1.54) is 11.9 Å². The topological polar surface area (TPSA) is 78.3 Å². The summed E-state index contributed by atoms with van der Waals surface area (Å²) in [6.07, 6.45) is 1.47. The van der Waals surface area contributed by atoms with Crippen LogP contribution in [0, 0.1) is 6.92 Å². The van der Waals surface area contributed by atoms with E-state index in [0.29, 0.717) is 36.2 Å². The Morgan fingerprint density at radius 1 is 1.17 bits per heavy atom.